The first kappa shape index (κ1) is 25.1. The van der Waals surface area contributed by atoms with Gasteiger partial charge >= 0.3 is 5.97 Å². The van der Waals surface area contributed by atoms with Crippen LogP contribution in [0.4, 0.5) is 0 Å². The van der Waals surface area contributed by atoms with Crippen LogP contribution >= 0.6 is 0 Å². The molecule has 0 amide bonds. The summed E-state index contributed by atoms with van der Waals surface area (Å²) in [6, 6.07) is 17.9. The average Bonchev–Trinajstić information content (AvgIpc) is 3.17. The second-order valence-corrected chi connectivity index (χ2v) is 8.80. The van der Waals surface area contributed by atoms with E-state index in [0.717, 1.165) is 38.7 Å². The number of hydrogen-bond acceptors (Lipinski definition) is 5. The predicted molar refractivity (Wildman–Crippen MR) is 141 cm³/mol. The van der Waals surface area contributed by atoms with Crippen molar-refractivity contribution in [1.82, 2.24) is 9.88 Å². The van der Waals surface area contributed by atoms with Crippen molar-refractivity contribution in [3.63, 3.8) is 0 Å². The summed E-state index contributed by atoms with van der Waals surface area (Å²) in [4.78, 5) is 12.5. The molecule has 188 valence electrons. The van der Waals surface area contributed by atoms with Gasteiger partial charge in [-0.05, 0) is 54.3 Å². The van der Waals surface area contributed by atoms with E-state index in [1.165, 1.54) is 0 Å². The van der Waals surface area contributed by atoms with Crippen LogP contribution in [-0.4, -0.2) is 37.0 Å². The summed E-state index contributed by atoms with van der Waals surface area (Å²) in [5.74, 6) is 0.740. The van der Waals surface area contributed by atoms with Gasteiger partial charge < -0.3 is 29.2 Å². The summed E-state index contributed by atoms with van der Waals surface area (Å²) < 4.78 is 18.2. The number of hydrogen-bond donors (Lipinski definition) is 2. The van der Waals surface area contributed by atoms with E-state index in [9.17, 15) is 9.90 Å². The highest BCUT2D eigenvalue weighted by Gasteiger charge is 2.23. The van der Waals surface area contributed by atoms with Crippen LogP contribution in [0.15, 0.2) is 54.6 Å². The van der Waals surface area contributed by atoms with Crippen molar-refractivity contribution < 1.29 is 24.1 Å². The van der Waals surface area contributed by atoms with Crippen LogP contribution < -0.4 is 19.5 Å². The summed E-state index contributed by atoms with van der Waals surface area (Å²) in [6.07, 6.45) is 0. The second kappa shape index (κ2) is 10.7. The van der Waals surface area contributed by atoms with Gasteiger partial charge in [0, 0.05) is 36.1 Å². The number of carboxylic acid groups (broad SMARTS) is 1. The zero-order valence-electron chi connectivity index (χ0n) is 21.3. The Labute approximate surface area is 211 Å². The maximum absolute atomic E-state index is 12.5. The number of ether oxygens (including phenoxy) is 3. The smallest absolute Gasteiger partial charge is 0.352 e. The molecule has 2 N–H and O–H groups in total. The van der Waals surface area contributed by atoms with Crippen LogP contribution in [0.1, 0.15) is 38.3 Å². The van der Waals surface area contributed by atoms with Gasteiger partial charge in [0.15, 0.2) is 11.5 Å². The third-order valence-corrected chi connectivity index (χ3v) is 6.47. The molecule has 0 fully saturated rings. The fourth-order valence-corrected chi connectivity index (χ4v) is 4.65. The molecule has 4 rings (SSSR count). The molecule has 1 aromatic heterocycles. The Kier molecular flexibility index (Phi) is 7.50. The van der Waals surface area contributed by atoms with E-state index in [1.807, 2.05) is 66.9 Å². The van der Waals surface area contributed by atoms with E-state index in [-0.39, 0.29) is 0 Å². The minimum Gasteiger partial charge on any atom is -0.493 e. The largest absolute Gasteiger partial charge is 0.493 e. The highest BCUT2D eigenvalue weighted by atomic mass is 16.5. The Bertz CT molecular complexity index is 1380. The van der Waals surface area contributed by atoms with Crippen molar-refractivity contribution in [2.45, 2.75) is 33.5 Å². The predicted octanol–water partition coefficient (Wildman–Crippen LogP) is 5.32. The zero-order valence-corrected chi connectivity index (χ0v) is 21.3. The molecule has 0 unspecified atom stereocenters. The molecule has 1 heterocycles. The molecule has 3 aromatic carbocycles. The van der Waals surface area contributed by atoms with Crippen LogP contribution in [0.2, 0.25) is 0 Å². The standard InChI is InChI=1S/C29H32N2O5/c1-18-10-11-22-23(16-30-15-20-13-25(34-3)28(36-5)26(14-20)35-4)27(29(32)33)31(24(22)12-18)17-21-9-7-6-8-19(21)2/h6-14,30H,15-17H2,1-5H3,(H,32,33). The number of rotatable bonds is 10. The maximum Gasteiger partial charge on any atom is 0.352 e. The van der Waals surface area contributed by atoms with E-state index in [0.29, 0.717) is 42.6 Å². The van der Waals surface area contributed by atoms with Crippen LogP contribution in [0, 0.1) is 13.8 Å². The lowest BCUT2D eigenvalue weighted by Crippen LogP contribution is -2.17. The molecule has 36 heavy (non-hydrogen) atoms. The number of carbonyl (C=O) groups is 1. The van der Waals surface area contributed by atoms with Crippen molar-refractivity contribution in [3.8, 4) is 17.2 Å². The molecule has 4 aromatic rings. The first-order valence-corrected chi connectivity index (χ1v) is 11.8. The number of fused-ring (bicyclic) bond motifs is 1. The molecular weight excluding hydrogens is 456 g/mol. The van der Waals surface area contributed by atoms with E-state index in [1.54, 1.807) is 21.3 Å². The Hall–Kier alpha value is -3.97. The number of carboxylic acids is 1. The van der Waals surface area contributed by atoms with E-state index >= 15 is 0 Å². The van der Waals surface area contributed by atoms with Crippen molar-refractivity contribution in [3.05, 3.63) is 88.1 Å². The minimum absolute atomic E-state index is 0.302. The zero-order chi connectivity index (χ0) is 25.8. The number of aromatic carboxylic acids is 1. The van der Waals surface area contributed by atoms with E-state index < -0.39 is 5.97 Å². The van der Waals surface area contributed by atoms with E-state index in [2.05, 4.69) is 11.4 Å². The quantitative estimate of drug-likeness (QED) is 0.314. The van der Waals surface area contributed by atoms with Crippen LogP contribution in [-0.2, 0) is 19.6 Å². The summed E-state index contributed by atoms with van der Waals surface area (Å²) in [7, 11) is 4.73. The summed E-state index contributed by atoms with van der Waals surface area (Å²) in [5, 5.41) is 14.6. The van der Waals surface area contributed by atoms with Gasteiger partial charge in [-0.15, -0.1) is 0 Å². The molecule has 0 aliphatic rings. The number of aromatic nitrogens is 1. The Morgan fingerprint density at radius 1 is 0.917 bits per heavy atom. The summed E-state index contributed by atoms with van der Waals surface area (Å²) >= 11 is 0. The van der Waals surface area contributed by atoms with Gasteiger partial charge in [-0.2, -0.15) is 0 Å². The van der Waals surface area contributed by atoms with Gasteiger partial charge in [-0.3, -0.25) is 0 Å². The third kappa shape index (κ3) is 4.88. The fraction of sp³-hybridized carbons (Fsp3) is 0.276. The first-order valence-electron chi connectivity index (χ1n) is 11.8. The summed E-state index contributed by atoms with van der Waals surface area (Å²) in [5.41, 5.74) is 6.22. The number of methoxy groups -OCH3 is 3. The van der Waals surface area contributed by atoms with Crippen LogP contribution in [0.3, 0.4) is 0 Å². The van der Waals surface area contributed by atoms with Gasteiger partial charge in [0.05, 0.1) is 21.3 Å². The number of aryl methyl sites for hydroxylation is 2. The van der Waals surface area contributed by atoms with Gasteiger partial charge in [0.2, 0.25) is 5.75 Å². The second-order valence-electron chi connectivity index (χ2n) is 8.80. The molecule has 7 nitrogen and oxygen atoms in total. The maximum atomic E-state index is 12.5. The molecule has 0 spiro atoms. The lowest BCUT2D eigenvalue weighted by molar-refractivity contribution is 0.0684. The number of nitrogens with zero attached hydrogens (tertiary/aromatic N) is 1. The molecular formula is C29H32N2O5. The Balaban J connectivity index is 1.70. The topological polar surface area (TPSA) is 82.0 Å². The highest BCUT2D eigenvalue weighted by Crippen LogP contribution is 2.38. The lowest BCUT2D eigenvalue weighted by atomic mass is 10.1. The van der Waals surface area contributed by atoms with Gasteiger partial charge in [0.1, 0.15) is 5.69 Å². The summed E-state index contributed by atoms with van der Waals surface area (Å²) in [6.45, 7) is 5.44. The molecule has 0 saturated heterocycles. The first-order chi connectivity index (χ1) is 17.4. The van der Waals surface area contributed by atoms with Crippen molar-refractivity contribution in [2.24, 2.45) is 0 Å². The van der Waals surface area contributed by atoms with Crippen LogP contribution in [0.25, 0.3) is 10.9 Å². The molecule has 7 heteroatoms. The molecule has 0 saturated carbocycles. The van der Waals surface area contributed by atoms with E-state index in [4.69, 9.17) is 14.2 Å². The fourth-order valence-electron chi connectivity index (χ4n) is 4.65. The number of benzene rings is 3. The highest BCUT2D eigenvalue weighted by molar-refractivity contribution is 5.98. The molecule has 0 atom stereocenters. The van der Waals surface area contributed by atoms with Gasteiger partial charge in [-0.1, -0.05) is 36.4 Å². The van der Waals surface area contributed by atoms with Crippen molar-refractivity contribution in [1.29, 1.82) is 0 Å². The molecule has 0 radical (unpaired) electrons. The monoisotopic (exact) mass is 488 g/mol. The molecule has 0 aliphatic carbocycles. The normalized spacial score (nSPS) is 11.0. The molecule has 0 bridgehead atoms. The number of nitrogens with one attached hydrogen (secondary N) is 1. The van der Waals surface area contributed by atoms with Crippen molar-refractivity contribution >= 4 is 16.9 Å². The SMILES string of the molecule is COc1cc(CNCc2c(C(=O)O)n(Cc3ccccc3C)c3cc(C)ccc23)cc(OC)c1OC. The van der Waals surface area contributed by atoms with Gasteiger partial charge in [-0.25, -0.2) is 4.79 Å². The Morgan fingerprint density at radius 3 is 2.22 bits per heavy atom. The third-order valence-electron chi connectivity index (χ3n) is 6.47. The van der Waals surface area contributed by atoms with Crippen molar-refractivity contribution in [2.75, 3.05) is 21.3 Å². The minimum atomic E-state index is -0.943. The Morgan fingerprint density at radius 2 is 1.61 bits per heavy atom. The average molecular weight is 489 g/mol. The van der Waals surface area contributed by atoms with Gasteiger partial charge in [0.25, 0.3) is 0 Å². The molecule has 0 aliphatic heterocycles. The lowest BCUT2D eigenvalue weighted by Gasteiger charge is -2.14. The van der Waals surface area contributed by atoms with Crippen LogP contribution in [0.5, 0.6) is 17.2 Å².